The minimum atomic E-state index is -0.924. The Kier molecular flexibility index (Phi) is 4.94. The van der Waals surface area contributed by atoms with Gasteiger partial charge in [0.25, 0.3) is 0 Å². The zero-order valence-electron chi connectivity index (χ0n) is 10.7. The van der Waals surface area contributed by atoms with E-state index in [0.717, 1.165) is 23.9 Å². The molecule has 0 aromatic heterocycles. The summed E-state index contributed by atoms with van der Waals surface area (Å²) in [4.78, 5) is 25.3. The molecule has 0 aliphatic carbocycles. The average Bonchev–Trinajstić information content (AvgIpc) is 2.64. The SMILES string of the molecule is O=C1CCN(C(=O)CSc2ccc(F)c(F)c2)CCN1. The van der Waals surface area contributed by atoms with Crippen LogP contribution in [0, 0.1) is 11.6 Å². The van der Waals surface area contributed by atoms with Crippen LogP contribution < -0.4 is 5.32 Å². The minimum Gasteiger partial charge on any atom is -0.354 e. The number of nitrogens with one attached hydrogen (secondary N) is 1. The van der Waals surface area contributed by atoms with Crippen LogP contribution in [0.3, 0.4) is 0 Å². The van der Waals surface area contributed by atoms with Crippen molar-refractivity contribution in [2.45, 2.75) is 11.3 Å². The first-order valence-electron chi connectivity index (χ1n) is 6.18. The second-order valence-electron chi connectivity index (χ2n) is 4.35. The lowest BCUT2D eigenvalue weighted by Crippen LogP contribution is -2.35. The van der Waals surface area contributed by atoms with Gasteiger partial charge in [0.1, 0.15) is 0 Å². The molecular formula is C13H14F2N2O2S. The van der Waals surface area contributed by atoms with Gasteiger partial charge in [-0.05, 0) is 18.2 Å². The first-order valence-corrected chi connectivity index (χ1v) is 7.17. The number of nitrogens with zero attached hydrogens (tertiary/aromatic N) is 1. The summed E-state index contributed by atoms with van der Waals surface area (Å²) in [7, 11) is 0. The van der Waals surface area contributed by atoms with Crippen LogP contribution in [-0.2, 0) is 9.59 Å². The quantitative estimate of drug-likeness (QED) is 0.859. The van der Waals surface area contributed by atoms with E-state index >= 15 is 0 Å². The van der Waals surface area contributed by atoms with Crippen LogP contribution in [0.5, 0.6) is 0 Å². The van der Waals surface area contributed by atoms with E-state index < -0.39 is 11.6 Å². The highest BCUT2D eigenvalue weighted by Gasteiger charge is 2.18. The number of thioether (sulfide) groups is 1. The van der Waals surface area contributed by atoms with E-state index in [2.05, 4.69) is 5.32 Å². The highest BCUT2D eigenvalue weighted by molar-refractivity contribution is 8.00. The molecule has 0 bridgehead atoms. The number of amides is 2. The maximum atomic E-state index is 13.0. The highest BCUT2D eigenvalue weighted by atomic mass is 32.2. The fourth-order valence-electron chi connectivity index (χ4n) is 1.82. The molecule has 1 fully saturated rings. The Balaban J connectivity index is 1.88. The zero-order chi connectivity index (χ0) is 14.5. The van der Waals surface area contributed by atoms with Gasteiger partial charge < -0.3 is 10.2 Å². The van der Waals surface area contributed by atoms with Crippen molar-refractivity contribution in [1.29, 1.82) is 0 Å². The summed E-state index contributed by atoms with van der Waals surface area (Å²) < 4.78 is 25.8. The maximum Gasteiger partial charge on any atom is 0.233 e. The molecule has 0 atom stereocenters. The lowest BCUT2D eigenvalue weighted by atomic mass is 10.3. The normalized spacial score (nSPS) is 15.7. The Bertz CT molecular complexity index is 525. The summed E-state index contributed by atoms with van der Waals surface area (Å²) >= 11 is 1.15. The number of rotatable bonds is 3. The van der Waals surface area contributed by atoms with Crippen molar-refractivity contribution in [2.24, 2.45) is 0 Å². The third-order valence-electron chi connectivity index (χ3n) is 2.92. The summed E-state index contributed by atoms with van der Waals surface area (Å²) in [6.45, 7) is 1.31. The maximum absolute atomic E-state index is 13.0. The van der Waals surface area contributed by atoms with Gasteiger partial charge in [-0.1, -0.05) is 0 Å². The van der Waals surface area contributed by atoms with Crippen LogP contribution >= 0.6 is 11.8 Å². The van der Waals surface area contributed by atoms with Gasteiger partial charge in [0.2, 0.25) is 11.8 Å². The van der Waals surface area contributed by atoms with E-state index in [1.807, 2.05) is 0 Å². The van der Waals surface area contributed by atoms with Crippen LogP contribution in [0.4, 0.5) is 8.78 Å². The number of benzene rings is 1. The van der Waals surface area contributed by atoms with Gasteiger partial charge in [0.05, 0.1) is 5.75 Å². The molecule has 2 amide bonds. The Morgan fingerprint density at radius 1 is 1.30 bits per heavy atom. The fourth-order valence-corrected chi connectivity index (χ4v) is 2.64. The number of hydrogen-bond donors (Lipinski definition) is 1. The number of hydrogen-bond acceptors (Lipinski definition) is 3. The summed E-state index contributed by atoms with van der Waals surface area (Å²) in [5.74, 6) is -1.87. The molecule has 2 rings (SSSR count). The van der Waals surface area contributed by atoms with Crippen molar-refractivity contribution < 1.29 is 18.4 Å². The Hall–Kier alpha value is -1.63. The van der Waals surface area contributed by atoms with Gasteiger partial charge in [0.15, 0.2) is 11.6 Å². The Morgan fingerprint density at radius 2 is 2.10 bits per heavy atom. The smallest absolute Gasteiger partial charge is 0.233 e. The van der Waals surface area contributed by atoms with Gasteiger partial charge in [-0.25, -0.2) is 8.78 Å². The van der Waals surface area contributed by atoms with E-state index in [9.17, 15) is 18.4 Å². The minimum absolute atomic E-state index is 0.0615. The molecule has 108 valence electrons. The van der Waals surface area contributed by atoms with Crippen LogP contribution in [-0.4, -0.2) is 42.1 Å². The molecule has 0 spiro atoms. The molecule has 20 heavy (non-hydrogen) atoms. The number of carbonyl (C=O) groups excluding carboxylic acids is 2. The summed E-state index contributed by atoms with van der Waals surface area (Å²) in [5.41, 5.74) is 0. The average molecular weight is 300 g/mol. The predicted molar refractivity (Wildman–Crippen MR) is 71.3 cm³/mol. The lowest BCUT2D eigenvalue weighted by molar-refractivity contribution is -0.128. The molecule has 1 saturated heterocycles. The third kappa shape index (κ3) is 3.93. The molecule has 1 aromatic rings. The highest BCUT2D eigenvalue weighted by Crippen LogP contribution is 2.20. The predicted octanol–water partition coefficient (Wildman–Crippen LogP) is 1.41. The topological polar surface area (TPSA) is 49.4 Å². The Morgan fingerprint density at radius 3 is 2.85 bits per heavy atom. The molecule has 0 unspecified atom stereocenters. The largest absolute Gasteiger partial charge is 0.354 e. The van der Waals surface area contributed by atoms with E-state index in [-0.39, 0.29) is 17.6 Å². The van der Waals surface area contributed by atoms with Crippen LogP contribution in [0.25, 0.3) is 0 Å². The third-order valence-corrected chi connectivity index (χ3v) is 3.90. The van der Waals surface area contributed by atoms with Crippen LogP contribution in [0.2, 0.25) is 0 Å². The van der Waals surface area contributed by atoms with Gasteiger partial charge in [-0.2, -0.15) is 0 Å². The molecule has 0 radical (unpaired) electrons. The molecule has 7 heteroatoms. The summed E-state index contributed by atoms with van der Waals surface area (Å²) in [5, 5.41) is 2.69. The van der Waals surface area contributed by atoms with Gasteiger partial charge >= 0.3 is 0 Å². The summed E-state index contributed by atoms with van der Waals surface area (Å²) in [6.07, 6.45) is 0.293. The van der Waals surface area contributed by atoms with E-state index in [0.29, 0.717) is 31.0 Å². The van der Waals surface area contributed by atoms with Gasteiger partial charge in [-0.15, -0.1) is 11.8 Å². The zero-order valence-corrected chi connectivity index (χ0v) is 11.5. The first-order chi connectivity index (χ1) is 9.56. The van der Waals surface area contributed by atoms with Gasteiger partial charge in [0, 0.05) is 31.0 Å². The molecule has 1 aliphatic heterocycles. The Labute approximate surface area is 119 Å². The van der Waals surface area contributed by atoms with Crippen molar-refractivity contribution in [1.82, 2.24) is 10.2 Å². The van der Waals surface area contributed by atoms with E-state index in [1.165, 1.54) is 6.07 Å². The fraction of sp³-hybridized carbons (Fsp3) is 0.385. The molecule has 1 heterocycles. The van der Waals surface area contributed by atoms with Gasteiger partial charge in [-0.3, -0.25) is 9.59 Å². The molecule has 0 saturated carbocycles. The van der Waals surface area contributed by atoms with Crippen molar-refractivity contribution >= 4 is 23.6 Å². The molecule has 1 N–H and O–H groups in total. The van der Waals surface area contributed by atoms with Crippen molar-refractivity contribution in [2.75, 3.05) is 25.4 Å². The van der Waals surface area contributed by atoms with Crippen LogP contribution in [0.15, 0.2) is 23.1 Å². The second kappa shape index (κ2) is 6.69. The molecule has 1 aliphatic rings. The first kappa shape index (κ1) is 14.8. The number of halogens is 2. The number of carbonyl (C=O) groups is 2. The van der Waals surface area contributed by atoms with Crippen molar-refractivity contribution in [3.05, 3.63) is 29.8 Å². The van der Waals surface area contributed by atoms with Crippen LogP contribution in [0.1, 0.15) is 6.42 Å². The molecule has 4 nitrogen and oxygen atoms in total. The van der Waals surface area contributed by atoms with E-state index in [1.54, 1.807) is 4.90 Å². The molecule has 1 aromatic carbocycles. The van der Waals surface area contributed by atoms with Crippen molar-refractivity contribution in [3.63, 3.8) is 0 Å². The monoisotopic (exact) mass is 300 g/mol. The van der Waals surface area contributed by atoms with E-state index in [4.69, 9.17) is 0 Å². The summed E-state index contributed by atoms with van der Waals surface area (Å²) in [6, 6.07) is 3.54. The lowest BCUT2D eigenvalue weighted by Gasteiger charge is -2.19. The molecular weight excluding hydrogens is 286 g/mol. The van der Waals surface area contributed by atoms with Crippen molar-refractivity contribution in [3.8, 4) is 0 Å². The standard InChI is InChI=1S/C13H14F2N2O2S/c14-10-2-1-9(7-11(10)15)20-8-13(19)17-5-3-12(18)16-4-6-17/h1-2,7H,3-6,8H2,(H,16,18). The second-order valence-corrected chi connectivity index (χ2v) is 5.39.